The minimum atomic E-state index is -0.131. The van der Waals surface area contributed by atoms with Crippen LogP contribution in [0.4, 0.5) is 0 Å². The lowest BCUT2D eigenvalue weighted by molar-refractivity contribution is 0.868. The molecule has 0 aliphatic rings. The van der Waals surface area contributed by atoms with Crippen molar-refractivity contribution < 1.29 is 0 Å². The SMILES string of the molecule is CCCc1cc(=O)[nH]c(-c2ccc3ccccc3n2)n1. The molecule has 0 unspecified atom stereocenters. The van der Waals surface area contributed by atoms with Crippen molar-refractivity contribution in [2.24, 2.45) is 0 Å². The highest BCUT2D eigenvalue weighted by Gasteiger charge is 2.06. The van der Waals surface area contributed by atoms with E-state index in [9.17, 15) is 4.79 Å². The zero-order chi connectivity index (χ0) is 13.9. The minimum absolute atomic E-state index is 0.131. The van der Waals surface area contributed by atoms with Crippen molar-refractivity contribution in [1.82, 2.24) is 15.0 Å². The fraction of sp³-hybridized carbons (Fsp3) is 0.188. The maximum Gasteiger partial charge on any atom is 0.251 e. The van der Waals surface area contributed by atoms with Crippen LogP contribution in [0, 0.1) is 0 Å². The number of hydrogen-bond acceptors (Lipinski definition) is 3. The van der Waals surface area contributed by atoms with Gasteiger partial charge in [-0.15, -0.1) is 0 Å². The van der Waals surface area contributed by atoms with E-state index in [1.54, 1.807) is 6.07 Å². The first-order chi connectivity index (χ1) is 9.76. The zero-order valence-electron chi connectivity index (χ0n) is 11.3. The maximum absolute atomic E-state index is 11.7. The van der Waals surface area contributed by atoms with E-state index in [-0.39, 0.29) is 5.56 Å². The van der Waals surface area contributed by atoms with Crippen molar-refractivity contribution in [3.8, 4) is 11.5 Å². The average Bonchev–Trinajstić information content (AvgIpc) is 2.46. The fourth-order valence-electron chi connectivity index (χ4n) is 2.21. The summed E-state index contributed by atoms with van der Waals surface area (Å²) in [5, 5.41) is 1.07. The second-order valence-electron chi connectivity index (χ2n) is 4.72. The summed E-state index contributed by atoms with van der Waals surface area (Å²) in [6.45, 7) is 2.07. The highest BCUT2D eigenvalue weighted by molar-refractivity contribution is 5.80. The molecule has 4 nitrogen and oxygen atoms in total. The number of benzene rings is 1. The van der Waals surface area contributed by atoms with E-state index in [1.807, 2.05) is 36.4 Å². The fourth-order valence-corrected chi connectivity index (χ4v) is 2.21. The summed E-state index contributed by atoms with van der Waals surface area (Å²) in [6, 6.07) is 13.3. The smallest absolute Gasteiger partial charge is 0.251 e. The van der Waals surface area contributed by atoms with Gasteiger partial charge in [-0.1, -0.05) is 37.6 Å². The standard InChI is InChI=1S/C16H15N3O/c1-2-5-12-10-15(20)19-16(17-12)14-9-8-11-6-3-4-7-13(11)18-14/h3-4,6-10H,2,5H2,1H3,(H,17,19,20). The lowest BCUT2D eigenvalue weighted by Gasteiger charge is -2.04. The molecule has 0 bridgehead atoms. The van der Waals surface area contributed by atoms with Gasteiger partial charge in [0, 0.05) is 17.1 Å². The Balaban J connectivity index is 2.12. The molecule has 3 rings (SSSR count). The molecule has 100 valence electrons. The zero-order valence-corrected chi connectivity index (χ0v) is 11.3. The average molecular weight is 265 g/mol. The van der Waals surface area contributed by atoms with Gasteiger partial charge in [0.1, 0.15) is 5.69 Å². The third kappa shape index (κ3) is 2.45. The van der Waals surface area contributed by atoms with Crippen molar-refractivity contribution in [3.05, 3.63) is 58.5 Å². The summed E-state index contributed by atoms with van der Waals surface area (Å²) < 4.78 is 0. The Bertz CT molecular complexity index is 808. The van der Waals surface area contributed by atoms with Crippen LogP contribution in [0.2, 0.25) is 0 Å². The molecule has 0 spiro atoms. The molecule has 0 aliphatic heterocycles. The second-order valence-corrected chi connectivity index (χ2v) is 4.72. The number of rotatable bonds is 3. The molecule has 0 amide bonds. The Labute approximate surface area is 116 Å². The predicted molar refractivity (Wildman–Crippen MR) is 79.6 cm³/mol. The molecule has 0 saturated carbocycles. The number of para-hydroxylation sites is 1. The molecule has 4 heteroatoms. The Morgan fingerprint density at radius 3 is 2.80 bits per heavy atom. The Hall–Kier alpha value is -2.49. The summed E-state index contributed by atoms with van der Waals surface area (Å²) in [5.74, 6) is 0.534. The molecule has 1 N–H and O–H groups in total. The number of nitrogens with zero attached hydrogens (tertiary/aromatic N) is 2. The van der Waals surface area contributed by atoms with Crippen LogP contribution >= 0.6 is 0 Å². The number of aromatic nitrogens is 3. The summed E-state index contributed by atoms with van der Waals surface area (Å²) in [5.41, 5.74) is 2.27. The first-order valence-electron chi connectivity index (χ1n) is 6.72. The summed E-state index contributed by atoms with van der Waals surface area (Å²) in [6.07, 6.45) is 1.76. The molecular formula is C16H15N3O. The molecule has 3 aromatic rings. The first kappa shape index (κ1) is 12.5. The number of pyridine rings is 1. The second kappa shape index (κ2) is 5.25. The van der Waals surface area contributed by atoms with Crippen molar-refractivity contribution in [2.75, 3.05) is 0 Å². The quantitative estimate of drug-likeness (QED) is 0.792. The van der Waals surface area contributed by atoms with E-state index in [4.69, 9.17) is 0 Å². The van der Waals surface area contributed by atoms with E-state index in [0.29, 0.717) is 11.5 Å². The van der Waals surface area contributed by atoms with Gasteiger partial charge in [0.05, 0.1) is 5.52 Å². The molecule has 0 atom stereocenters. The molecule has 0 fully saturated rings. The van der Waals surface area contributed by atoms with Crippen LogP contribution in [0.5, 0.6) is 0 Å². The highest BCUT2D eigenvalue weighted by atomic mass is 16.1. The van der Waals surface area contributed by atoms with Crippen LogP contribution in [-0.4, -0.2) is 15.0 Å². The van der Waals surface area contributed by atoms with Gasteiger partial charge < -0.3 is 4.98 Å². The van der Waals surface area contributed by atoms with Crippen molar-refractivity contribution in [3.63, 3.8) is 0 Å². The number of hydrogen-bond donors (Lipinski definition) is 1. The molecule has 0 radical (unpaired) electrons. The van der Waals surface area contributed by atoms with Crippen LogP contribution in [-0.2, 0) is 6.42 Å². The predicted octanol–water partition coefficient (Wildman–Crippen LogP) is 2.94. The van der Waals surface area contributed by atoms with Crippen LogP contribution < -0.4 is 5.56 Å². The molecule has 0 aliphatic carbocycles. The van der Waals surface area contributed by atoms with Crippen molar-refractivity contribution in [1.29, 1.82) is 0 Å². The normalized spacial score (nSPS) is 10.8. The van der Waals surface area contributed by atoms with Gasteiger partial charge in [0.25, 0.3) is 5.56 Å². The number of nitrogens with one attached hydrogen (secondary N) is 1. The Kier molecular flexibility index (Phi) is 3.29. The number of fused-ring (bicyclic) bond motifs is 1. The molecule has 2 aromatic heterocycles. The largest absolute Gasteiger partial charge is 0.305 e. The van der Waals surface area contributed by atoms with E-state index in [1.165, 1.54) is 0 Å². The van der Waals surface area contributed by atoms with Crippen LogP contribution in [0.1, 0.15) is 19.0 Å². The highest BCUT2D eigenvalue weighted by Crippen LogP contribution is 2.17. The molecule has 2 heterocycles. The van der Waals surface area contributed by atoms with Gasteiger partial charge in [0.2, 0.25) is 0 Å². The Morgan fingerprint density at radius 2 is 1.95 bits per heavy atom. The summed E-state index contributed by atoms with van der Waals surface area (Å²) >= 11 is 0. The van der Waals surface area contributed by atoms with E-state index in [0.717, 1.165) is 29.4 Å². The summed E-state index contributed by atoms with van der Waals surface area (Å²) in [7, 11) is 0. The van der Waals surface area contributed by atoms with Crippen LogP contribution in [0.25, 0.3) is 22.4 Å². The Morgan fingerprint density at radius 1 is 1.10 bits per heavy atom. The third-order valence-electron chi connectivity index (χ3n) is 3.14. The number of H-pyrrole nitrogens is 1. The monoisotopic (exact) mass is 265 g/mol. The number of aromatic amines is 1. The first-order valence-corrected chi connectivity index (χ1v) is 6.72. The number of aryl methyl sites for hydroxylation is 1. The van der Waals surface area contributed by atoms with Gasteiger partial charge >= 0.3 is 0 Å². The van der Waals surface area contributed by atoms with Gasteiger partial charge in [0.15, 0.2) is 5.82 Å². The maximum atomic E-state index is 11.7. The molecular weight excluding hydrogens is 250 g/mol. The van der Waals surface area contributed by atoms with Gasteiger partial charge in [-0.2, -0.15) is 0 Å². The molecule has 20 heavy (non-hydrogen) atoms. The van der Waals surface area contributed by atoms with Crippen molar-refractivity contribution >= 4 is 10.9 Å². The topological polar surface area (TPSA) is 58.6 Å². The van der Waals surface area contributed by atoms with Crippen molar-refractivity contribution in [2.45, 2.75) is 19.8 Å². The van der Waals surface area contributed by atoms with Gasteiger partial charge in [-0.05, 0) is 18.6 Å². The van der Waals surface area contributed by atoms with Crippen LogP contribution in [0.3, 0.4) is 0 Å². The lowest BCUT2D eigenvalue weighted by atomic mass is 10.2. The van der Waals surface area contributed by atoms with Crippen LogP contribution in [0.15, 0.2) is 47.3 Å². The summed E-state index contributed by atoms with van der Waals surface area (Å²) in [4.78, 5) is 23.5. The lowest BCUT2D eigenvalue weighted by Crippen LogP contribution is -2.10. The van der Waals surface area contributed by atoms with Gasteiger partial charge in [-0.3, -0.25) is 4.79 Å². The van der Waals surface area contributed by atoms with E-state index < -0.39 is 0 Å². The van der Waals surface area contributed by atoms with E-state index >= 15 is 0 Å². The molecule has 1 aromatic carbocycles. The minimum Gasteiger partial charge on any atom is -0.305 e. The molecule has 0 saturated heterocycles. The van der Waals surface area contributed by atoms with Gasteiger partial charge in [-0.25, -0.2) is 9.97 Å². The third-order valence-corrected chi connectivity index (χ3v) is 3.14. The van der Waals surface area contributed by atoms with E-state index in [2.05, 4.69) is 21.9 Å².